The lowest BCUT2D eigenvalue weighted by Gasteiger charge is -2.36. The van der Waals surface area contributed by atoms with E-state index in [4.69, 9.17) is 51.2 Å². The number of pyridine rings is 9. The number of nitrogens with two attached hydrogens (primary N) is 1. The molecule has 6 fully saturated rings. The summed E-state index contributed by atoms with van der Waals surface area (Å²) >= 11 is 17.7. The molecule has 0 amide bonds. The number of carbonyl (C=O) groups is 1. The molecule has 664 valence electrons. The number of aromatic nitrogens is 9. The number of carbonyl (C=O) groups excluding carboxylic acids is 1. The van der Waals surface area contributed by atoms with Gasteiger partial charge in [0.05, 0.1) is 86.2 Å². The van der Waals surface area contributed by atoms with Crippen molar-refractivity contribution >= 4 is 108 Å². The fraction of sp³-hybridized carbons (Fsp3) is 0.323. The summed E-state index contributed by atoms with van der Waals surface area (Å²) in [6, 6.07) is 37.3. The van der Waals surface area contributed by atoms with Gasteiger partial charge < -0.3 is 49.7 Å². The molecule has 4 saturated carbocycles. The van der Waals surface area contributed by atoms with Crippen molar-refractivity contribution in [2.45, 2.75) is 145 Å². The zero-order chi connectivity index (χ0) is 90.6. The quantitative estimate of drug-likeness (QED) is 0.0398. The van der Waals surface area contributed by atoms with Crippen LogP contribution in [0.5, 0.6) is 0 Å². The summed E-state index contributed by atoms with van der Waals surface area (Å²) in [5.41, 5.74) is 9.89. The second-order valence-electron chi connectivity index (χ2n) is 32.8. The van der Waals surface area contributed by atoms with Crippen molar-refractivity contribution in [1.82, 2.24) is 53.4 Å². The van der Waals surface area contributed by atoms with Gasteiger partial charge in [-0.15, -0.1) is 0 Å². The van der Waals surface area contributed by atoms with Crippen LogP contribution in [0, 0.1) is 63.3 Å². The van der Waals surface area contributed by atoms with Crippen LogP contribution in [0.4, 0.5) is 69.6 Å². The van der Waals surface area contributed by atoms with E-state index in [1.54, 1.807) is 51.9 Å². The van der Waals surface area contributed by atoms with E-state index in [0.29, 0.717) is 78.6 Å². The van der Waals surface area contributed by atoms with Crippen LogP contribution in [0.25, 0.3) is 66.1 Å². The summed E-state index contributed by atoms with van der Waals surface area (Å²) in [5, 5.41) is 26.3. The zero-order valence-corrected chi connectivity index (χ0v) is 73.1. The normalized spacial score (nSPS) is 15.5. The Labute approximate surface area is 749 Å². The molecule has 0 bridgehead atoms. The number of fused-ring (bicyclic) bond motifs is 3. The SMILES string of the molecule is CN1CCC(N(C)c2ccc(N)nc2)CC1.CN1CCC(N(C)c2ccc(Nc3cc4c(cn3)cc(-c3c(F)cccc3F)c(=O)n4C3CCC3)nc2)CC1.N#CCc1c(F)cccc1F.N=c1c(-c2c(F)cccc2F)cc2cnc(Cl)cc2n1C1CCC1.O=Cc1cnc(Cl)cc1NC1CCC1.O=c1c(-c2c(F)cccc2F)cc2cnc(Cl)cc2n1C1CCC1. The van der Waals surface area contributed by atoms with Crippen LogP contribution < -0.4 is 42.8 Å². The largest absolute Gasteiger partial charge is 0.384 e. The fourth-order valence-electron chi connectivity index (χ4n) is 16.4. The first-order chi connectivity index (χ1) is 61.7. The molecule has 21 nitrogen and oxygen atoms in total. The molecule has 13 aromatic rings. The van der Waals surface area contributed by atoms with E-state index in [9.17, 15) is 49.5 Å². The van der Waals surface area contributed by atoms with E-state index in [1.807, 2.05) is 47.3 Å². The highest BCUT2D eigenvalue weighted by atomic mass is 35.5. The first kappa shape index (κ1) is 92.0. The maximum absolute atomic E-state index is 14.6. The Morgan fingerprint density at radius 1 is 0.469 bits per heavy atom. The van der Waals surface area contributed by atoms with E-state index in [1.165, 1.54) is 105 Å². The maximum atomic E-state index is 14.6. The minimum Gasteiger partial charge on any atom is -0.384 e. The van der Waals surface area contributed by atoms with Crippen LogP contribution in [-0.2, 0) is 6.42 Å². The number of aldehydes is 1. The number of hydrogen-bond donors (Lipinski definition) is 4. The third kappa shape index (κ3) is 21.3. The van der Waals surface area contributed by atoms with E-state index in [-0.39, 0.29) is 74.1 Å². The van der Waals surface area contributed by atoms with Gasteiger partial charge in [0.1, 0.15) is 84.9 Å². The number of benzene rings is 4. The molecule has 4 aromatic carbocycles. The Morgan fingerprint density at radius 2 is 0.852 bits per heavy atom. The Kier molecular flexibility index (Phi) is 30.0. The molecule has 11 heterocycles. The molecular formula is C96H95Cl3F8N18O3. The van der Waals surface area contributed by atoms with E-state index >= 15 is 0 Å². The maximum Gasteiger partial charge on any atom is 0.259 e. The Hall–Kier alpha value is -12.2. The second kappa shape index (κ2) is 41.7. The summed E-state index contributed by atoms with van der Waals surface area (Å²) in [6.45, 7) is 4.55. The third-order valence-corrected chi connectivity index (χ3v) is 25.2. The van der Waals surface area contributed by atoms with Gasteiger partial charge in [-0.1, -0.05) is 59.1 Å². The number of anilines is 6. The van der Waals surface area contributed by atoms with Gasteiger partial charge in [0.2, 0.25) is 0 Å². The molecule has 4 aliphatic carbocycles. The minimum atomic E-state index is -0.756. The monoisotopic (exact) mass is 1800 g/mol. The van der Waals surface area contributed by atoms with Crippen molar-refractivity contribution in [3.8, 4) is 39.4 Å². The van der Waals surface area contributed by atoms with Crippen molar-refractivity contribution in [3.63, 3.8) is 0 Å². The van der Waals surface area contributed by atoms with Crippen molar-refractivity contribution in [2.24, 2.45) is 0 Å². The molecule has 0 atom stereocenters. The van der Waals surface area contributed by atoms with Gasteiger partial charge in [0.15, 0.2) is 6.29 Å². The molecule has 2 aliphatic heterocycles. The van der Waals surface area contributed by atoms with Gasteiger partial charge in [-0.05, 0) is 252 Å². The molecule has 2 saturated heterocycles. The topological polar surface area (TPSA) is 254 Å². The highest BCUT2D eigenvalue weighted by molar-refractivity contribution is 6.30. The van der Waals surface area contributed by atoms with Crippen LogP contribution >= 0.6 is 34.8 Å². The van der Waals surface area contributed by atoms with Gasteiger partial charge in [0.25, 0.3) is 11.1 Å². The second-order valence-corrected chi connectivity index (χ2v) is 34.0. The first-order valence-corrected chi connectivity index (χ1v) is 43.6. The van der Waals surface area contributed by atoms with Crippen molar-refractivity contribution in [2.75, 3.05) is 80.5 Å². The summed E-state index contributed by atoms with van der Waals surface area (Å²) < 4.78 is 117. The molecule has 6 aliphatic rings. The number of nitrogen functional groups attached to an aromatic ring is 1. The highest BCUT2D eigenvalue weighted by Gasteiger charge is 2.31. The number of nitriles is 1. The van der Waals surface area contributed by atoms with Crippen LogP contribution in [-0.4, -0.2) is 132 Å². The lowest BCUT2D eigenvalue weighted by molar-refractivity contribution is 0.112. The van der Waals surface area contributed by atoms with Crippen LogP contribution in [0.2, 0.25) is 15.5 Å². The Bertz CT molecular complexity index is 6170. The lowest BCUT2D eigenvalue weighted by atomic mass is 9.91. The summed E-state index contributed by atoms with van der Waals surface area (Å²) in [7, 11) is 8.60. The number of rotatable bonds is 16. The number of likely N-dealkylation sites (tertiary alicyclic amines) is 2. The molecule has 0 spiro atoms. The average molecular weight is 1810 g/mol. The third-order valence-electron chi connectivity index (χ3n) is 24.6. The molecule has 0 radical (unpaired) electrons. The smallest absolute Gasteiger partial charge is 0.259 e. The predicted octanol–water partition coefficient (Wildman–Crippen LogP) is 21.0. The molecule has 5 N–H and O–H groups in total. The zero-order valence-electron chi connectivity index (χ0n) is 70.9. The fourth-order valence-corrected chi connectivity index (χ4v) is 16.9. The van der Waals surface area contributed by atoms with E-state index in [2.05, 4.69) is 88.3 Å². The number of nitrogens with one attached hydrogen (secondary N) is 3. The van der Waals surface area contributed by atoms with Crippen molar-refractivity contribution in [1.29, 1.82) is 10.7 Å². The van der Waals surface area contributed by atoms with Crippen LogP contribution in [0.1, 0.15) is 137 Å². The lowest BCUT2D eigenvalue weighted by Crippen LogP contribution is -2.42. The van der Waals surface area contributed by atoms with E-state index < -0.39 is 57.7 Å². The Morgan fingerprint density at radius 3 is 1.26 bits per heavy atom. The summed E-state index contributed by atoms with van der Waals surface area (Å²) in [4.78, 5) is 71.9. The predicted molar refractivity (Wildman–Crippen MR) is 488 cm³/mol. The summed E-state index contributed by atoms with van der Waals surface area (Å²) in [6.07, 6.45) is 27.2. The van der Waals surface area contributed by atoms with Crippen molar-refractivity contribution in [3.05, 3.63) is 276 Å². The van der Waals surface area contributed by atoms with Gasteiger partial charge in [-0.2, -0.15) is 5.26 Å². The Balaban J connectivity index is 0.000000131. The van der Waals surface area contributed by atoms with Gasteiger partial charge >= 0.3 is 0 Å². The number of piperidine rings is 2. The highest BCUT2D eigenvalue weighted by Crippen LogP contribution is 2.40. The van der Waals surface area contributed by atoms with E-state index in [0.717, 1.165) is 150 Å². The molecule has 9 aromatic heterocycles. The van der Waals surface area contributed by atoms with Gasteiger partial charge in [-0.3, -0.25) is 19.8 Å². The average Bonchev–Trinajstić information content (AvgIpc) is 0.756. The first-order valence-electron chi connectivity index (χ1n) is 42.5. The molecular weight excluding hydrogens is 1710 g/mol. The van der Waals surface area contributed by atoms with Crippen molar-refractivity contribution < 1.29 is 39.9 Å². The molecule has 19 rings (SSSR count). The minimum absolute atomic E-state index is 0.00845. The molecule has 128 heavy (non-hydrogen) atoms. The van der Waals surface area contributed by atoms with Crippen LogP contribution in [0.15, 0.2) is 186 Å². The number of hydrogen-bond acceptors (Lipinski definition) is 18. The molecule has 32 heteroatoms. The molecule has 0 unspecified atom stereocenters. The standard InChI is InChI=1S/C30H32F2N6O.C18H14ClF2N3.C18H13ClF2N2O.C12H20N4.C10H11ClN2O.C8H5F2N/c1-36-13-11-20(12-14-36)37(2)22-9-10-27(34-18-22)35-28-16-26-19(17-33-28)15-23(29-24(31)7-4-8-25(29)32)30(39)38(26)21-5-3-6-21;19-16-8-15-10(9-23-16)7-12(17-13(20)5-2-6-14(17)21)18(22)24(15)11-3-1-4-11;19-16-8-15-10(9-22-16)7-12(17-13(20)5-2-6-14(17)21)18(24)23(15)11-3-1-4-11;1-15-7-5-10(6-8-15)16(2)11-3-4-12(13)14-9-11;11-10-4-9(7(6-14)5-12-10)13-8-2-1-3-8;9-7-2-1-3-8(10)6(7)4-5-11/h4,7-10,15-18,20-21H,3,5-6,11-14H2,1-2H3,(H,33,34,35);2,5-9,11,22H,1,3-4H2;2,5-9,11H,1,3-4H2;3-4,9-10H,5-8H2,1-2H3,(H2,13,14);4-6,8H,1-3H2,(H,12,13);1-3H,4H2. The number of nitrogens with zero attached hydrogens (tertiary/aromatic N) is 14. The summed E-state index contributed by atoms with van der Waals surface area (Å²) in [5.74, 6) is -3.92. The van der Waals surface area contributed by atoms with Gasteiger partial charge in [-0.25, -0.2) is 65.0 Å². The number of halogens is 11. The van der Waals surface area contributed by atoms with Gasteiger partial charge in [0, 0.05) is 114 Å². The van der Waals surface area contributed by atoms with Crippen LogP contribution in [0.3, 0.4) is 0 Å².